The standard InChI is InChI=1S/C22H33ClN2O2/c1-15(2)16-7-11-19(12-8-16)27-14-21-20(24)4-3-13-25(21)22(26)17-5-9-18(23)10-6-17/h5-6,9-10,15-16,19-21H,3-4,7-8,11-14,24H2,1-2H3/t16?,19?,20-,21-/m0/s1. The van der Waals surface area contributed by atoms with Crippen molar-refractivity contribution in [2.45, 2.75) is 70.6 Å². The molecule has 0 spiro atoms. The van der Waals surface area contributed by atoms with Gasteiger partial charge in [0.25, 0.3) is 5.91 Å². The van der Waals surface area contributed by atoms with Gasteiger partial charge in [-0.1, -0.05) is 25.4 Å². The SMILES string of the molecule is CC(C)C1CCC(OC[C@H]2[C@@H](N)CCCN2C(=O)c2ccc(Cl)cc2)CC1. The topological polar surface area (TPSA) is 55.6 Å². The van der Waals surface area contributed by atoms with Crippen molar-refractivity contribution in [1.29, 1.82) is 0 Å². The largest absolute Gasteiger partial charge is 0.376 e. The van der Waals surface area contributed by atoms with Crippen molar-refractivity contribution in [3.05, 3.63) is 34.9 Å². The van der Waals surface area contributed by atoms with E-state index in [1.54, 1.807) is 24.3 Å². The van der Waals surface area contributed by atoms with Gasteiger partial charge in [-0.05, 0) is 74.6 Å². The molecule has 0 radical (unpaired) electrons. The molecule has 1 heterocycles. The van der Waals surface area contributed by atoms with Crippen LogP contribution in [-0.4, -0.2) is 42.1 Å². The number of benzene rings is 1. The first kappa shape index (κ1) is 20.6. The number of nitrogens with zero attached hydrogens (tertiary/aromatic N) is 1. The number of amides is 1. The van der Waals surface area contributed by atoms with E-state index in [4.69, 9.17) is 22.1 Å². The second-order valence-corrected chi connectivity index (χ2v) is 8.93. The number of rotatable bonds is 5. The van der Waals surface area contributed by atoms with Crippen LogP contribution in [0.3, 0.4) is 0 Å². The van der Waals surface area contributed by atoms with Gasteiger partial charge in [0, 0.05) is 23.2 Å². The fourth-order valence-corrected chi connectivity index (χ4v) is 4.59. The highest BCUT2D eigenvalue weighted by molar-refractivity contribution is 6.30. The van der Waals surface area contributed by atoms with Crippen molar-refractivity contribution >= 4 is 17.5 Å². The Labute approximate surface area is 168 Å². The summed E-state index contributed by atoms with van der Waals surface area (Å²) in [7, 11) is 0. The Kier molecular flexibility index (Phi) is 7.18. The number of nitrogens with two attached hydrogens (primary N) is 1. The number of carbonyl (C=O) groups excluding carboxylic acids is 1. The molecule has 2 N–H and O–H groups in total. The van der Waals surface area contributed by atoms with E-state index in [1.165, 1.54) is 12.8 Å². The van der Waals surface area contributed by atoms with Crippen LogP contribution >= 0.6 is 11.6 Å². The zero-order valence-electron chi connectivity index (χ0n) is 16.6. The molecule has 1 aliphatic heterocycles. The van der Waals surface area contributed by atoms with Crippen LogP contribution < -0.4 is 5.73 Å². The van der Waals surface area contributed by atoms with Crippen molar-refractivity contribution in [2.24, 2.45) is 17.6 Å². The fraction of sp³-hybridized carbons (Fsp3) is 0.682. The third-order valence-corrected chi connectivity index (χ3v) is 6.60. The van der Waals surface area contributed by atoms with E-state index in [9.17, 15) is 4.79 Å². The number of hydrogen-bond acceptors (Lipinski definition) is 3. The van der Waals surface area contributed by atoms with Gasteiger partial charge in [-0.25, -0.2) is 0 Å². The third kappa shape index (κ3) is 5.24. The number of halogens is 1. The summed E-state index contributed by atoms with van der Waals surface area (Å²) in [5.74, 6) is 1.61. The van der Waals surface area contributed by atoms with Crippen LogP contribution in [0.4, 0.5) is 0 Å². The van der Waals surface area contributed by atoms with Crippen LogP contribution in [0.1, 0.15) is 62.7 Å². The predicted octanol–water partition coefficient (Wildman–Crippen LogP) is 4.50. The van der Waals surface area contributed by atoms with Gasteiger partial charge in [0.1, 0.15) is 0 Å². The van der Waals surface area contributed by atoms with Gasteiger partial charge in [0.15, 0.2) is 0 Å². The third-order valence-electron chi connectivity index (χ3n) is 6.35. The average Bonchev–Trinajstić information content (AvgIpc) is 2.67. The van der Waals surface area contributed by atoms with Crippen LogP contribution in [-0.2, 0) is 4.74 Å². The minimum absolute atomic E-state index is 0.0259. The summed E-state index contributed by atoms with van der Waals surface area (Å²) < 4.78 is 6.26. The molecule has 150 valence electrons. The van der Waals surface area contributed by atoms with Gasteiger partial charge in [-0.3, -0.25) is 4.79 Å². The quantitative estimate of drug-likeness (QED) is 0.802. The summed E-state index contributed by atoms with van der Waals surface area (Å²) in [5, 5.41) is 0.638. The molecule has 1 aliphatic carbocycles. The van der Waals surface area contributed by atoms with Gasteiger partial charge >= 0.3 is 0 Å². The van der Waals surface area contributed by atoms with Crippen molar-refractivity contribution in [2.75, 3.05) is 13.2 Å². The summed E-state index contributed by atoms with van der Waals surface area (Å²) in [5.41, 5.74) is 7.05. The molecule has 3 rings (SSSR count). The second-order valence-electron chi connectivity index (χ2n) is 8.49. The van der Waals surface area contributed by atoms with Crippen molar-refractivity contribution in [3.63, 3.8) is 0 Å². The van der Waals surface area contributed by atoms with Crippen molar-refractivity contribution in [3.8, 4) is 0 Å². The van der Waals surface area contributed by atoms with Gasteiger partial charge in [-0.15, -0.1) is 0 Å². The predicted molar refractivity (Wildman–Crippen MR) is 110 cm³/mol. The van der Waals surface area contributed by atoms with E-state index in [2.05, 4.69) is 13.8 Å². The summed E-state index contributed by atoms with van der Waals surface area (Å²) in [4.78, 5) is 14.9. The molecule has 1 saturated heterocycles. The lowest BCUT2D eigenvalue weighted by molar-refractivity contribution is -0.0268. The highest BCUT2D eigenvalue weighted by Crippen LogP contribution is 2.31. The lowest BCUT2D eigenvalue weighted by Gasteiger charge is -2.41. The lowest BCUT2D eigenvalue weighted by atomic mass is 9.80. The molecule has 2 fully saturated rings. The maximum absolute atomic E-state index is 13.0. The molecule has 27 heavy (non-hydrogen) atoms. The van der Waals surface area contributed by atoms with Gasteiger partial charge < -0.3 is 15.4 Å². The zero-order valence-corrected chi connectivity index (χ0v) is 17.3. The molecule has 0 unspecified atom stereocenters. The number of ether oxygens (including phenoxy) is 1. The van der Waals surface area contributed by atoms with Crippen molar-refractivity contribution < 1.29 is 9.53 Å². The number of hydrogen-bond donors (Lipinski definition) is 1. The maximum atomic E-state index is 13.0. The monoisotopic (exact) mass is 392 g/mol. The van der Waals surface area contributed by atoms with Crippen LogP contribution in [0.15, 0.2) is 24.3 Å². The van der Waals surface area contributed by atoms with Crippen LogP contribution in [0, 0.1) is 11.8 Å². The molecule has 1 amide bonds. The molecular weight excluding hydrogens is 360 g/mol. The van der Waals surface area contributed by atoms with Gasteiger partial charge in [0.05, 0.1) is 18.8 Å². The maximum Gasteiger partial charge on any atom is 0.254 e. The normalized spacial score (nSPS) is 29.1. The van der Waals surface area contributed by atoms with Crippen LogP contribution in [0.2, 0.25) is 5.02 Å². The fourth-order valence-electron chi connectivity index (χ4n) is 4.47. The van der Waals surface area contributed by atoms with Gasteiger partial charge in [-0.2, -0.15) is 0 Å². The number of carbonyl (C=O) groups is 1. The molecule has 1 aromatic carbocycles. The smallest absolute Gasteiger partial charge is 0.254 e. The highest BCUT2D eigenvalue weighted by Gasteiger charge is 2.34. The second kappa shape index (κ2) is 9.40. The molecule has 2 atom stereocenters. The lowest BCUT2D eigenvalue weighted by Crippen LogP contribution is -2.56. The molecular formula is C22H33ClN2O2. The Hall–Kier alpha value is -1.10. The molecule has 1 aromatic rings. The summed E-state index contributed by atoms with van der Waals surface area (Å²) >= 11 is 5.95. The van der Waals surface area contributed by atoms with E-state index < -0.39 is 0 Å². The summed E-state index contributed by atoms with van der Waals surface area (Å²) in [6.07, 6.45) is 6.92. The Balaban J connectivity index is 1.59. The van der Waals surface area contributed by atoms with Crippen LogP contribution in [0.25, 0.3) is 0 Å². The first-order valence-corrected chi connectivity index (χ1v) is 10.8. The summed E-state index contributed by atoms with van der Waals surface area (Å²) in [6, 6.07) is 7.02. The number of likely N-dealkylation sites (tertiary alicyclic amines) is 1. The molecule has 1 saturated carbocycles. The molecule has 4 nitrogen and oxygen atoms in total. The Bertz CT molecular complexity index is 611. The van der Waals surface area contributed by atoms with E-state index >= 15 is 0 Å². The Morgan fingerprint density at radius 3 is 2.48 bits per heavy atom. The highest BCUT2D eigenvalue weighted by atomic mass is 35.5. The molecule has 0 bridgehead atoms. The van der Waals surface area contributed by atoms with E-state index in [1.807, 2.05) is 4.90 Å². The first-order chi connectivity index (χ1) is 13.0. The van der Waals surface area contributed by atoms with Crippen LogP contribution in [0.5, 0.6) is 0 Å². The zero-order chi connectivity index (χ0) is 19.4. The Morgan fingerprint density at radius 2 is 1.85 bits per heavy atom. The molecule has 0 aromatic heterocycles. The number of piperidine rings is 1. The molecule has 5 heteroatoms. The van der Waals surface area contributed by atoms with Crippen molar-refractivity contribution in [1.82, 2.24) is 4.90 Å². The van der Waals surface area contributed by atoms with E-state index in [0.717, 1.165) is 44.1 Å². The first-order valence-electron chi connectivity index (χ1n) is 10.4. The van der Waals surface area contributed by atoms with Gasteiger partial charge in [0.2, 0.25) is 0 Å². The summed E-state index contributed by atoms with van der Waals surface area (Å²) in [6.45, 7) is 5.90. The molecule has 2 aliphatic rings. The van der Waals surface area contributed by atoms with E-state index in [-0.39, 0.29) is 18.0 Å². The minimum atomic E-state index is -0.0512. The average molecular weight is 393 g/mol. The van der Waals surface area contributed by atoms with E-state index in [0.29, 0.717) is 23.3 Å². The Morgan fingerprint density at radius 1 is 1.19 bits per heavy atom. The minimum Gasteiger partial charge on any atom is -0.376 e.